The number of aliphatic hydroxyl groups is 1. The van der Waals surface area contributed by atoms with Crippen molar-refractivity contribution in [3.63, 3.8) is 0 Å². The van der Waals surface area contributed by atoms with E-state index in [1.165, 1.54) is 12.1 Å². The zero-order chi connectivity index (χ0) is 13.0. The maximum absolute atomic E-state index is 12.8. The summed E-state index contributed by atoms with van der Waals surface area (Å²) in [6.45, 7) is 1.99. The lowest BCUT2D eigenvalue weighted by Crippen LogP contribution is -2.15. The molecule has 0 saturated carbocycles. The van der Waals surface area contributed by atoms with E-state index in [0.717, 1.165) is 16.8 Å². The summed E-state index contributed by atoms with van der Waals surface area (Å²) < 4.78 is 12.8. The molecule has 1 unspecified atom stereocenters. The van der Waals surface area contributed by atoms with E-state index >= 15 is 0 Å². The fraction of sp³-hybridized carbons (Fsp3) is 0.200. The van der Waals surface area contributed by atoms with Crippen LogP contribution >= 0.6 is 0 Å². The average Bonchev–Trinajstić information content (AvgIpc) is 2.39. The average molecular weight is 245 g/mol. The van der Waals surface area contributed by atoms with Crippen molar-refractivity contribution in [3.05, 3.63) is 65.5 Å². The molecule has 2 aromatic carbocycles. The van der Waals surface area contributed by atoms with Crippen molar-refractivity contribution in [1.82, 2.24) is 0 Å². The molecule has 0 heterocycles. The van der Waals surface area contributed by atoms with Gasteiger partial charge in [0.2, 0.25) is 0 Å². The Morgan fingerprint density at radius 3 is 2.39 bits per heavy atom. The van der Waals surface area contributed by atoms with Gasteiger partial charge in [0, 0.05) is 5.69 Å². The Balaban J connectivity index is 2.20. The second-order valence-electron chi connectivity index (χ2n) is 4.24. The predicted molar refractivity (Wildman–Crippen MR) is 71.0 cm³/mol. The molecule has 3 heteroatoms. The number of hydrogen-bond donors (Lipinski definition) is 2. The van der Waals surface area contributed by atoms with Crippen LogP contribution in [0.25, 0.3) is 0 Å². The summed E-state index contributed by atoms with van der Waals surface area (Å²) in [5, 5.41) is 12.7. The highest BCUT2D eigenvalue weighted by atomic mass is 19.1. The Bertz CT molecular complexity index is 510. The van der Waals surface area contributed by atoms with Crippen molar-refractivity contribution in [2.75, 3.05) is 11.9 Å². The quantitative estimate of drug-likeness (QED) is 0.866. The van der Waals surface area contributed by atoms with Crippen LogP contribution in [0, 0.1) is 12.7 Å². The molecule has 1 atom stereocenters. The van der Waals surface area contributed by atoms with Gasteiger partial charge in [-0.3, -0.25) is 0 Å². The molecule has 2 rings (SSSR count). The largest absolute Gasteiger partial charge is 0.394 e. The molecule has 0 spiro atoms. The van der Waals surface area contributed by atoms with Gasteiger partial charge in [0.25, 0.3) is 0 Å². The van der Waals surface area contributed by atoms with Crippen LogP contribution in [0.2, 0.25) is 0 Å². The zero-order valence-corrected chi connectivity index (χ0v) is 10.2. The summed E-state index contributed by atoms with van der Waals surface area (Å²) in [4.78, 5) is 0. The Labute approximate surface area is 106 Å². The van der Waals surface area contributed by atoms with Gasteiger partial charge in [0.05, 0.1) is 12.6 Å². The monoisotopic (exact) mass is 245 g/mol. The van der Waals surface area contributed by atoms with E-state index < -0.39 is 0 Å². The van der Waals surface area contributed by atoms with E-state index in [2.05, 4.69) is 5.32 Å². The Morgan fingerprint density at radius 1 is 1.11 bits per heavy atom. The molecule has 0 aromatic heterocycles. The van der Waals surface area contributed by atoms with E-state index in [4.69, 9.17) is 0 Å². The number of anilines is 1. The first-order chi connectivity index (χ1) is 8.70. The predicted octanol–water partition coefficient (Wildman–Crippen LogP) is 3.28. The van der Waals surface area contributed by atoms with E-state index in [1.54, 1.807) is 12.1 Å². The van der Waals surface area contributed by atoms with E-state index in [1.807, 2.05) is 31.2 Å². The number of aryl methyl sites for hydroxylation is 1. The molecule has 0 aliphatic heterocycles. The highest BCUT2D eigenvalue weighted by molar-refractivity contribution is 5.46. The van der Waals surface area contributed by atoms with Crippen molar-refractivity contribution in [2.45, 2.75) is 13.0 Å². The molecular weight excluding hydrogens is 229 g/mol. The second kappa shape index (κ2) is 5.65. The van der Waals surface area contributed by atoms with Gasteiger partial charge in [0.1, 0.15) is 5.82 Å². The number of rotatable bonds is 4. The van der Waals surface area contributed by atoms with Crippen LogP contribution in [0.4, 0.5) is 10.1 Å². The minimum absolute atomic E-state index is 0.0117. The van der Waals surface area contributed by atoms with Gasteiger partial charge in [-0.25, -0.2) is 4.39 Å². The summed E-state index contributed by atoms with van der Waals surface area (Å²) in [7, 11) is 0. The molecule has 2 aromatic rings. The van der Waals surface area contributed by atoms with Crippen LogP contribution in [-0.2, 0) is 0 Å². The van der Waals surface area contributed by atoms with Crippen molar-refractivity contribution >= 4 is 5.69 Å². The molecule has 0 radical (unpaired) electrons. The standard InChI is InChI=1S/C15H16FNO/c1-11-4-2-3-5-14(11)15(10-18)17-13-8-6-12(16)7-9-13/h2-9,15,17-18H,10H2,1H3. The van der Waals surface area contributed by atoms with Gasteiger partial charge >= 0.3 is 0 Å². The maximum Gasteiger partial charge on any atom is 0.123 e. The van der Waals surface area contributed by atoms with Crippen molar-refractivity contribution < 1.29 is 9.50 Å². The fourth-order valence-corrected chi connectivity index (χ4v) is 1.95. The lowest BCUT2D eigenvalue weighted by Gasteiger charge is -2.20. The van der Waals surface area contributed by atoms with Crippen molar-refractivity contribution in [3.8, 4) is 0 Å². The number of halogens is 1. The summed E-state index contributed by atoms with van der Waals surface area (Å²) >= 11 is 0. The lowest BCUT2D eigenvalue weighted by atomic mass is 10.0. The third-order valence-electron chi connectivity index (χ3n) is 2.93. The summed E-state index contributed by atoms with van der Waals surface area (Å²) in [6.07, 6.45) is 0. The Kier molecular flexibility index (Phi) is 3.95. The first-order valence-electron chi connectivity index (χ1n) is 5.89. The SMILES string of the molecule is Cc1ccccc1C(CO)Nc1ccc(F)cc1. The van der Waals surface area contributed by atoms with Crippen molar-refractivity contribution in [2.24, 2.45) is 0 Å². The summed E-state index contributed by atoms with van der Waals surface area (Å²) in [5.41, 5.74) is 2.95. The van der Waals surface area contributed by atoms with Crippen LogP contribution in [0.15, 0.2) is 48.5 Å². The first kappa shape index (κ1) is 12.6. The third-order valence-corrected chi connectivity index (χ3v) is 2.93. The van der Waals surface area contributed by atoms with E-state index in [0.29, 0.717) is 0 Å². The molecular formula is C15H16FNO. The highest BCUT2D eigenvalue weighted by Gasteiger charge is 2.11. The highest BCUT2D eigenvalue weighted by Crippen LogP contribution is 2.22. The van der Waals surface area contributed by atoms with Crippen LogP contribution in [0.1, 0.15) is 17.2 Å². The first-order valence-corrected chi connectivity index (χ1v) is 5.89. The molecule has 2 nitrogen and oxygen atoms in total. The minimum atomic E-state index is -0.267. The molecule has 0 aliphatic rings. The molecule has 0 bridgehead atoms. The fourth-order valence-electron chi connectivity index (χ4n) is 1.95. The van der Waals surface area contributed by atoms with Gasteiger partial charge < -0.3 is 10.4 Å². The molecule has 94 valence electrons. The Hall–Kier alpha value is -1.87. The van der Waals surface area contributed by atoms with Gasteiger partial charge in [-0.15, -0.1) is 0 Å². The van der Waals surface area contributed by atoms with E-state index in [9.17, 15) is 9.50 Å². The van der Waals surface area contributed by atoms with Gasteiger partial charge in [-0.2, -0.15) is 0 Å². The smallest absolute Gasteiger partial charge is 0.123 e. The van der Waals surface area contributed by atoms with Crippen LogP contribution in [-0.4, -0.2) is 11.7 Å². The molecule has 0 fully saturated rings. The number of benzene rings is 2. The van der Waals surface area contributed by atoms with Gasteiger partial charge in [-0.1, -0.05) is 24.3 Å². The zero-order valence-electron chi connectivity index (χ0n) is 10.2. The molecule has 0 aliphatic carbocycles. The van der Waals surface area contributed by atoms with Crippen LogP contribution in [0.3, 0.4) is 0 Å². The maximum atomic E-state index is 12.8. The molecule has 0 saturated heterocycles. The van der Waals surface area contributed by atoms with Crippen molar-refractivity contribution in [1.29, 1.82) is 0 Å². The minimum Gasteiger partial charge on any atom is -0.394 e. The summed E-state index contributed by atoms with van der Waals surface area (Å²) in [6, 6.07) is 13.8. The number of hydrogen-bond acceptors (Lipinski definition) is 2. The van der Waals surface area contributed by atoms with Crippen LogP contribution < -0.4 is 5.32 Å². The lowest BCUT2D eigenvalue weighted by molar-refractivity contribution is 0.276. The molecule has 18 heavy (non-hydrogen) atoms. The van der Waals surface area contributed by atoms with Gasteiger partial charge in [0.15, 0.2) is 0 Å². The van der Waals surface area contributed by atoms with E-state index in [-0.39, 0.29) is 18.5 Å². The summed E-state index contributed by atoms with van der Waals surface area (Å²) in [5.74, 6) is -0.267. The topological polar surface area (TPSA) is 32.3 Å². The number of aliphatic hydroxyl groups excluding tert-OH is 1. The molecule has 2 N–H and O–H groups in total. The normalized spacial score (nSPS) is 12.2. The molecule has 0 amide bonds. The van der Waals surface area contributed by atoms with Crippen LogP contribution in [0.5, 0.6) is 0 Å². The van der Waals surface area contributed by atoms with Gasteiger partial charge in [-0.05, 0) is 42.3 Å². The number of nitrogens with one attached hydrogen (secondary N) is 1. The third kappa shape index (κ3) is 2.87. The second-order valence-corrected chi connectivity index (χ2v) is 4.24. The Morgan fingerprint density at radius 2 is 1.78 bits per heavy atom.